The molecule has 2 aliphatic heterocycles. The molecule has 0 aromatic rings. The summed E-state index contributed by atoms with van der Waals surface area (Å²) in [6.45, 7) is 8.09. The van der Waals surface area contributed by atoms with Crippen molar-refractivity contribution in [1.29, 1.82) is 0 Å². The fourth-order valence-electron chi connectivity index (χ4n) is 4.35. The predicted molar refractivity (Wildman–Crippen MR) is 95.8 cm³/mol. The van der Waals surface area contributed by atoms with Crippen molar-refractivity contribution in [3.05, 3.63) is 11.6 Å². The molecule has 0 atom stereocenters. The molecule has 0 radical (unpaired) electrons. The molecule has 3 aliphatic rings. The average Bonchev–Trinajstić information content (AvgIpc) is 2.99. The SMILES string of the molecule is CCNC(=NCCC1=CCOCC1)N1CCC2(CCCCC2)C1. The molecule has 3 rings (SSSR count). The smallest absolute Gasteiger partial charge is 0.193 e. The van der Waals surface area contributed by atoms with E-state index in [1.54, 1.807) is 0 Å². The normalized spacial score (nSPS) is 24.8. The molecule has 2 heterocycles. The van der Waals surface area contributed by atoms with Crippen molar-refractivity contribution in [2.75, 3.05) is 39.4 Å². The van der Waals surface area contributed by atoms with E-state index in [1.807, 2.05) is 0 Å². The highest BCUT2D eigenvalue weighted by molar-refractivity contribution is 5.80. The van der Waals surface area contributed by atoms with Crippen LogP contribution in [0.3, 0.4) is 0 Å². The molecule has 0 amide bonds. The van der Waals surface area contributed by atoms with Gasteiger partial charge in [0.05, 0.1) is 13.2 Å². The van der Waals surface area contributed by atoms with Crippen LogP contribution in [0.1, 0.15) is 58.3 Å². The zero-order valence-electron chi connectivity index (χ0n) is 14.8. The summed E-state index contributed by atoms with van der Waals surface area (Å²) >= 11 is 0. The Kier molecular flexibility index (Phi) is 5.98. The highest BCUT2D eigenvalue weighted by Gasteiger charge is 2.39. The molecule has 4 nitrogen and oxygen atoms in total. The van der Waals surface area contributed by atoms with Crippen molar-refractivity contribution in [3.8, 4) is 0 Å². The Hall–Kier alpha value is -1.03. The third-order valence-corrected chi connectivity index (χ3v) is 5.74. The van der Waals surface area contributed by atoms with Crippen LogP contribution < -0.4 is 5.32 Å². The van der Waals surface area contributed by atoms with Crippen LogP contribution in [0.15, 0.2) is 16.6 Å². The second kappa shape index (κ2) is 8.18. The third-order valence-electron chi connectivity index (χ3n) is 5.74. The quantitative estimate of drug-likeness (QED) is 0.490. The molecule has 0 aromatic heterocycles. The lowest BCUT2D eigenvalue weighted by Gasteiger charge is -2.33. The van der Waals surface area contributed by atoms with E-state index in [9.17, 15) is 0 Å². The van der Waals surface area contributed by atoms with Gasteiger partial charge in [0.15, 0.2) is 5.96 Å². The van der Waals surface area contributed by atoms with Crippen LogP contribution in [0.25, 0.3) is 0 Å². The first-order valence-corrected chi connectivity index (χ1v) is 9.60. The van der Waals surface area contributed by atoms with E-state index in [0.29, 0.717) is 5.41 Å². The summed E-state index contributed by atoms with van der Waals surface area (Å²) in [5.74, 6) is 1.14. The van der Waals surface area contributed by atoms with E-state index in [-0.39, 0.29) is 0 Å². The van der Waals surface area contributed by atoms with Gasteiger partial charge >= 0.3 is 0 Å². The molecule has 130 valence electrons. The number of aliphatic imine (C=N–C) groups is 1. The van der Waals surface area contributed by atoms with E-state index in [1.165, 1.54) is 57.2 Å². The molecule has 0 unspecified atom stereocenters. The van der Waals surface area contributed by atoms with Gasteiger partial charge in [0.2, 0.25) is 0 Å². The van der Waals surface area contributed by atoms with Crippen LogP contribution in [-0.2, 0) is 4.74 Å². The van der Waals surface area contributed by atoms with Crippen molar-refractivity contribution in [1.82, 2.24) is 10.2 Å². The molecule has 1 spiro atoms. The van der Waals surface area contributed by atoms with Crippen LogP contribution in [0.4, 0.5) is 0 Å². The summed E-state index contributed by atoms with van der Waals surface area (Å²) in [5.41, 5.74) is 2.11. The molecule has 4 heteroatoms. The monoisotopic (exact) mass is 319 g/mol. The Labute approximate surface area is 141 Å². The van der Waals surface area contributed by atoms with Gasteiger partial charge in [-0.1, -0.05) is 30.9 Å². The number of nitrogens with zero attached hydrogens (tertiary/aromatic N) is 2. The Bertz CT molecular complexity index is 438. The highest BCUT2D eigenvalue weighted by atomic mass is 16.5. The largest absolute Gasteiger partial charge is 0.377 e. The summed E-state index contributed by atoms with van der Waals surface area (Å²) in [7, 11) is 0. The van der Waals surface area contributed by atoms with Gasteiger partial charge in [-0.05, 0) is 44.4 Å². The minimum absolute atomic E-state index is 0.595. The molecule has 0 aromatic carbocycles. The van der Waals surface area contributed by atoms with Gasteiger partial charge < -0.3 is 15.0 Å². The van der Waals surface area contributed by atoms with Crippen LogP contribution in [0.5, 0.6) is 0 Å². The maximum atomic E-state index is 5.38. The predicted octanol–water partition coefficient (Wildman–Crippen LogP) is 3.34. The lowest BCUT2D eigenvalue weighted by molar-refractivity contribution is 0.153. The molecular formula is C19H33N3O. The van der Waals surface area contributed by atoms with Gasteiger partial charge in [0.1, 0.15) is 0 Å². The zero-order chi connectivity index (χ0) is 16.0. The number of hydrogen-bond acceptors (Lipinski definition) is 2. The van der Waals surface area contributed by atoms with Gasteiger partial charge in [-0.2, -0.15) is 0 Å². The number of guanidine groups is 1. The highest BCUT2D eigenvalue weighted by Crippen LogP contribution is 2.43. The van der Waals surface area contributed by atoms with E-state index >= 15 is 0 Å². The minimum atomic E-state index is 0.595. The second-order valence-electron chi connectivity index (χ2n) is 7.41. The Balaban J connectivity index is 1.55. The molecular weight excluding hydrogens is 286 g/mol. The van der Waals surface area contributed by atoms with E-state index in [4.69, 9.17) is 9.73 Å². The number of rotatable bonds is 4. The Morgan fingerprint density at radius 2 is 2.17 bits per heavy atom. The maximum absolute atomic E-state index is 5.38. The summed E-state index contributed by atoms with van der Waals surface area (Å²) < 4.78 is 5.38. The van der Waals surface area contributed by atoms with Crippen LogP contribution in [0, 0.1) is 5.41 Å². The first-order valence-electron chi connectivity index (χ1n) is 9.60. The Morgan fingerprint density at radius 1 is 1.30 bits per heavy atom. The Morgan fingerprint density at radius 3 is 2.91 bits per heavy atom. The summed E-state index contributed by atoms with van der Waals surface area (Å²) in [6.07, 6.45) is 12.9. The zero-order valence-corrected chi connectivity index (χ0v) is 14.8. The first-order chi connectivity index (χ1) is 11.3. The maximum Gasteiger partial charge on any atom is 0.193 e. The first kappa shape index (κ1) is 16.8. The second-order valence-corrected chi connectivity index (χ2v) is 7.41. The van der Waals surface area contributed by atoms with Crippen molar-refractivity contribution in [2.24, 2.45) is 10.4 Å². The van der Waals surface area contributed by atoms with Crippen molar-refractivity contribution in [3.63, 3.8) is 0 Å². The van der Waals surface area contributed by atoms with Gasteiger partial charge in [-0.3, -0.25) is 4.99 Å². The number of nitrogens with one attached hydrogen (secondary N) is 1. The van der Waals surface area contributed by atoms with Crippen LogP contribution in [0.2, 0.25) is 0 Å². The molecule has 2 fully saturated rings. The van der Waals surface area contributed by atoms with Crippen LogP contribution >= 0.6 is 0 Å². The molecule has 1 aliphatic carbocycles. The number of likely N-dealkylation sites (tertiary alicyclic amines) is 1. The standard InChI is InChI=1S/C19H33N3O/c1-2-20-18(21-12-6-17-7-14-23-15-8-17)22-13-11-19(16-22)9-4-3-5-10-19/h7H,2-6,8-16H2,1H3,(H,20,21). The number of ether oxygens (including phenoxy) is 1. The van der Waals surface area contributed by atoms with Gasteiger partial charge in [0, 0.05) is 26.2 Å². The molecule has 1 saturated carbocycles. The van der Waals surface area contributed by atoms with Crippen LogP contribution in [-0.4, -0.2) is 50.3 Å². The van der Waals surface area contributed by atoms with Gasteiger partial charge in [-0.15, -0.1) is 0 Å². The van der Waals surface area contributed by atoms with Gasteiger partial charge in [-0.25, -0.2) is 0 Å². The number of hydrogen-bond donors (Lipinski definition) is 1. The molecule has 1 N–H and O–H groups in total. The lowest BCUT2D eigenvalue weighted by atomic mass is 9.73. The molecule has 23 heavy (non-hydrogen) atoms. The fourth-order valence-corrected chi connectivity index (χ4v) is 4.35. The minimum Gasteiger partial charge on any atom is -0.377 e. The van der Waals surface area contributed by atoms with Crippen molar-refractivity contribution in [2.45, 2.75) is 58.3 Å². The fraction of sp³-hybridized carbons (Fsp3) is 0.842. The van der Waals surface area contributed by atoms with E-state index in [0.717, 1.165) is 45.1 Å². The van der Waals surface area contributed by atoms with Crippen molar-refractivity contribution < 1.29 is 4.74 Å². The summed E-state index contributed by atoms with van der Waals surface area (Å²) in [5, 5.41) is 3.52. The van der Waals surface area contributed by atoms with E-state index in [2.05, 4.69) is 23.2 Å². The van der Waals surface area contributed by atoms with Crippen molar-refractivity contribution >= 4 is 5.96 Å². The summed E-state index contributed by atoms with van der Waals surface area (Å²) in [4.78, 5) is 7.44. The lowest BCUT2D eigenvalue weighted by Crippen LogP contribution is -2.41. The van der Waals surface area contributed by atoms with Gasteiger partial charge in [0.25, 0.3) is 0 Å². The van der Waals surface area contributed by atoms with E-state index < -0.39 is 0 Å². The topological polar surface area (TPSA) is 36.9 Å². The molecule has 0 bridgehead atoms. The summed E-state index contributed by atoms with van der Waals surface area (Å²) in [6, 6.07) is 0. The average molecular weight is 319 g/mol. The third kappa shape index (κ3) is 4.50. The molecule has 1 saturated heterocycles.